The van der Waals surface area contributed by atoms with Crippen molar-refractivity contribution in [2.24, 2.45) is 41.2 Å². The second-order valence-electron chi connectivity index (χ2n) is 13.0. The SMILES string of the molecule is CC1=CC2C(=O)C3CCCC(OC4OC5(CO)C=CC(CC6CCNC(N)C6)C(O)(C4O)C5O)C3C(=O)C2C(O)=C1. The molecule has 4 fully saturated rings. The Morgan fingerprint density at radius 2 is 1.98 bits per heavy atom. The van der Waals surface area contributed by atoms with Gasteiger partial charge in [-0.15, -0.1) is 0 Å². The number of rotatable bonds is 5. The smallest absolute Gasteiger partial charge is 0.188 e. The molecule has 6 aliphatic rings. The summed E-state index contributed by atoms with van der Waals surface area (Å²) in [6, 6.07) is 0. The Labute approximate surface area is 239 Å². The highest BCUT2D eigenvalue weighted by Crippen LogP contribution is 2.51. The Balaban J connectivity index is 1.27. The van der Waals surface area contributed by atoms with Gasteiger partial charge in [-0.25, -0.2) is 0 Å². The molecular weight excluding hydrogens is 532 g/mol. The number of allylic oxidation sites excluding steroid dienone is 4. The number of fused-ring (bicyclic) bond motifs is 4. The lowest BCUT2D eigenvalue weighted by Crippen LogP contribution is -2.76. The summed E-state index contributed by atoms with van der Waals surface area (Å²) < 4.78 is 12.3. The van der Waals surface area contributed by atoms with E-state index in [0.29, 0.717) is 32.1 Å². The van der Waals surface area contributed by atoms with Gasteiger partial charge in [-0.3, -0.25) is 9.59 Å². The number of Topliss-reactive ketones (excluding diaryl/α,β-unsaturated/α-hetero) is 2. The summed E-state index contributed by atoms with van der Waals surface area (Å²) in [4.78, 5) is 27.3. The lowest BCUT2D eigenvalue weighted by atomic mass is 9.59. The number of carbonyl (C=O) groups excluding carboxylic acids is 2. The molecule has 41 heavy (non-hydrogen) atoms. The first-order valence-electron chi connectivity index (χ1n) is 14.9. The quantitative estimate of drug-likeness (QED) is 0.218. The lowest BCUT2D eigenvalue weighted by Gasteiger charge is -2.58. The molecule has 11 heteroatoms. The van der Waals surface area contributed by atoms with Crippen molar-refractivity contribution in [3.63, 3.8) is 0 Å². The molecule has 2 heterocycles. The average Bonchev–Trinajstić information content (AvgIpc) is 2.94. The number of ketones is 2. The van der Waals surface area contributed by atoms with Gasteiger partial charge in [0.25, 0.3) is 0 Å². The standard InChI is InChI=1S/C30H42N2O9/c1-14-9-18-22(19(34)10-14)25(36)23-17(24(18)35)3-2-4-20(23)40-27-26(37)30(39)16(11-15-6-8-32-21(31)12-15)5-7-29(13-33,41-27)28(30)38/h5,7,9-10,15-18,20-23,26-28,32-34,37-39H,2-4,6,8,11-13,31H2,1H3. The Bertz CT molecular complexity index is 1170. The molecule has 11 nitrogen and oxygen atoms in total. The topological polar surface area (TPSA) is 192 Å². The second-order valence-corrected chi connectivity index (χ2v) is 13.0. The fourth-order valence-corrected chi connectivity index (χ4v) is 8.40. The first kappa shape index (κ1) is 29.1. The minimum absolute atomic E-state index is 0.113. The van der Waals surface area contributed by atoms with Crippen molar-refractivity contribution in [3.05, 3.63) is 35.6 Å². The largest absolute Gasteiger partial charge is 0.512 e. The Morgan fingerprint density at radius 1 is 1.20 bits per heavy atom. The van der Waals surface area contributed by atoms with E-state index in [1.807, 2.05) is 0 Å². The molecule has 2 aliphatic heterocycles. The Morgan fingerprint density at radius 3 is 2.71 bits per heavy atom. The third-order valence-electron chi connectivity index (χ3n) is 10.5. The summed E-state index contributed by atoms with van der Waals surface area (Å²) in [6.45, 7) is 1.83. The van der Waals surface area contributed by atoms with Gasteiger partial charge in [0.15, 0.2) is 12.1 Å². The highest BCUT2D eigenvalue weighted by molar-refractivity contribution is 6.02. The van der Waals surface area contributed by atoms with Gasteiger partial charge < -0.3 is 46.1 Å². The normalized spacial score (nSPS) is 49.6. The molecule has 13 unspecified atom stereocenters. The molecule has 0 radical (unpaired) electrons. The third kappa shape index (κ3) is 4.56. The minimum Gasteiger partial charge on any atom is -0.512 e. The van der Waals surface area contributed by atoms with E-state index in [9.17, 15) is 35.1 Å². The first-order chi connectivity index (χ1) is 19.5. The molecule has 4 aliphatic carbocycles. The van der Waals surface area contributed by atoms with Gasteiger partial charge in [0.1, 0.15) is 35.0 Å². The fraction of sp³-hybridized carbons (Fsp3) is 0.733. The van der Waals surface area contributed by atoms with Crippen molar-refractivity contribution < 1.29 is 44.6 Å². The van der Waals surface area contributed by atoms with Crippen molar-refractivity contribution in [2.45, 2.75) is 87.4 Å². The summed E-state index contributed by atoms with van der Waals surface area (Å²) >= 11 is 0. The molecule has 0 amide bonds. The second kappa shape index (κ2) is 10.6. The number of nitrogens with one attached hydrogen (secondary N) is 1. The molecule has 0 aromatic carbocycles. The van der Waals surface area contributed by atoms with Crippen molar-refractivity contribution in [1.29, 1.82) is 0 Å². The number of ether oxygens (including phenoxy) is 2. The van der Waals surface area contributed by atoms with E-state index >= 15 is 0 Å². The third-order valence-corrected chi connectivity index (χ3v) is 10.5. The van der Waals surface area contributed by atoms with Crippen LogP contribution in [-0.2, 0) is 19.1 Å². The van der Waals surface area contributed by atoms with Crippen molar-refractivity contribution >= 4 is 11.6 Å². The minimum atomic E-state index is -2.10. The van der Waals surface area contributed by atoms with E-state index in [4.69, 9.17) is 15.2 Å². The zero-order valence-corrected chi connectivity index (χ0v) is 23.3. The van der Waals surface area contributed by atoms with Gasteiger partial charge in [0.05, 0.1) is 36.6 Å². The average molecular weight is 575 g/mol. The summed E-state index contributed by atoms with van der Waals surface area (Å²) in [5.74, 6) is -4.23. The van der Waals surface area contributed by atoms with Gasteiger partial charge in [0, 0.05) is 11.8 Å². The fourth-order valence-electron chi connectivity index (χ4n) is 8.40. The molecule has 0 spiro atoms. The molecule has 0 aromatic heterocycles. The van der Waals surface area contributed by atoms with Crippen molar-refractivity contribution in [2.75, 3.05) is 13.2 Å². The number of aliphatic hydroxyl groups is 5. The molecule has 2 saturated heterocycles. The van der Waals surface area contributed by atoms with Crippen LogP contribution in [0.2, 0.25) is 0 Å². The van der Waals surface area contributed by atoms with E-state index < -0.39 is 72.0 Å². The molecular formula is C30H42N2O9. The van der Waals surface area contributed by atoms with Crippen LogP contribution in [0, 0.1) is 35.5 Å². The number of piperidine rings is 1. The monoisotopic (exact) mass is 574 g/mol. The van der Waals surface area contributed by atoms with Crippen LogP contribution in [-0.4, -0.2) is 92.2 Å². The van der Waals surface area contributed by atoms with Gasteiger partial charge in [-0.2, -0.15) is 0 Å². The van der Waals surface area contributed by atoms with Gasteiger partial charge in [0.2, 0.25) is 0 Å². The van der Waals surface area contributed by atoms with Crippen LogP contribution in [0.4, 0.5) is 0 Å². The van der Waals surface area contributed by atoms with Crippen LogP contribution in [0.3, 0.4) is 0 Å². The molecule has 2 saturated carbocycles. The van der Waals surface area contributed by atoms with Gasteiger partial charge in [-0.05, 0) is 57.6 Å². The maximum absolute atomic E-state index is 13.8. The zero-order chi connectivity index (χ0) is 29.3. The number of aliphatic hydroxyl groups excluding tert-OH is 4. The van der Waals surface area contributed by atoms with Gasteiger partial charge in [-0.1, -0.05) is 30.2 Å². The van der Waals surface area contributed by atoms with E-state index in [1.165, 1.54) is 12.2 Å². The predicted molar refractivity (Wildman–Crippen MR) is 145 cm³/mol. The van der Waals surface area contributed by atoms with Gasteiger partial charge >= 0.3 is 0 Å². The Hall–Kier alpha value is -1.96. The number of hydrogen-bond donors (Lipinski definition) is 7. The van der Waals surface area contributed by atoms with Crippen LogP contribution in [0.1, 0.15) is 45.4 Å². The van der Waals surface area contributed by atoms with Crippen molar-refractivity contribution in [3.8, 4) is 0 Å². The van der Waals surface area contributed by atoms with Crippen LogP contribution < -0.4 is 11.1 Å². The van der Waals surface area contributed by atoms with Crippen LogP contribution in [0.15, 0.2) is 35.6 Å². The molecule has 0 aromatic rings. The van der Waals surface area contributed by atoms with Crippen LogP contribution in [0.5, 0.6) is 0 Å². The lowest BCUT2D eigenvalue weighted by molar-refractivity contribution is -0.375. The first-order valence-corrected chi connectivity index (χ1v) is 14.9. The maximum atomic E-state index is 13.8. The zero-order valence-electron chi connectivity index (χ0n) is 23.3. The highest BCUT2D eigenvalue weighted by atomic mass is 16.7. The number of nitrogens with two attached hydrogens (primary N) is 1. The Kier molecular flexibility index (Phi) is 7.56. The van der Waals surface area contributed by atoms with E-state index in [1.54, 1.807) is 19.1 Å². The molecule has 13 atom stereocenters. The van der Waals surface area contributed by atoms with E-state index in [-0.39, 0.29) is 29.4 Å². The molecule has 6 rings (SSSR count). The van der Waals surface area contributed by atoms with Crippen LogP contribution in [0.25, 0.3) is 0 Å². The van der Waals surface area contributed by atoms with Crippen molar-refractivity contribution in [1.82, 2.24) is 5.32 Å². The summed E-state index contributed by atoms with van der Waals surface area (Å²) in [7, 11) is 0. The highest BCUT2D eigenvalue weighted by Gasteiger charge is 2.66. The maximum Gasteiger partial charge on any atom is 0.188 e. The summed E-state index contributed by atoms with van der Waals surface area (Å²) in [5.41, 5.74) is 2.98. The molecule has 2 bridgehead atoms. The summed E-state index contributed by atoms with van der Waals surface area (Å²) in [5, 5.41) is 59.0. The number of hydrogen-bond acceptors (Lipinski definition) is 11. The van der Waals surface area contributed by atoms with E-state index in [0.717, 1.165) is 18.5 Å². The molecule has 8 N–H and O–H groups in total. The van der Waals surface area contributed by atoms with E-state index in [2.05, 4.69) is 5.32 Å². The predicted octanol–water partition coefficient (Wildman–Crippen LogP) is -0.0253. The summed E-state index contributed by atoms with van der Waals surface area (Å²) in [6.07, 6.45) is 4.08. The van der Waals surface area contributed by atoms with Crippen LogP contribution >= 0.6 is 0 Å². The molecule has 226 valence electrons. The number of carbonyl (C=O) groups is 2.